The molecule has 1 atom stereocenters. The molecule has 96 valence electrons. The van der Waals surface area contributed by atoms with Gasteiger partial charge in [-0.1, -0.05) is 20.8 Å². The van der Waals surface area contributed by atoms with Crippen molar-refractivity contribution in [3.05, 3.63) is 0 Å². The summed E-state index contributed by atoms with van der Waals surface area (Å²) >= 11 is 0. The van der Waals surface area contributed by atoms with Gasteiger partial charge in [-0.2, -0.15) is 0 Å². The van der Waals surface area contributed by atoms with Gasteiger partial charge >= 0.3 is 0 Å². The molecule has 0 heterocycles. The lowest BCUT2D eigenvalue weighted by atomic mass is 9.89. The fraction of sp³-hybridized carbons (Fsp3) is 0.923. The number of aldehydes is 1. The molecule has 1 unspecified atom stereocenters. The van der Waals surface area contributed by atoms with Crippen LogP contribution in [0.4, 0.5) is 0 Å². The van der Waals surface area contributed by atoms with Gasteiger partial charge in [0.15, 0.2) is 0 Å². The summed E-state index contributed by atoms with van der Waals surface area (Å²) in [6, 6.07) is 0. The summed E-state index contributed by atoms with van der Waals surface area (Å²) in [5.74, 6) is 0. The number of hydrogen-bond donors (Lipinski definition) is 0. The normalized spacial score (nSPS) is 15.4. The topological polar surface area (TPSA) is 23.6 Å². The average Bonchev–Trinajstić information content (AvgIpc) is 2.26. The van der Waals surface area contributed by atoms with Crippen LogP contribution in [0.3, 0.4) is 0 Å². The van der Waals surface area contributed by atoms with Crippen molar-refractivity contribution in [2.75, 3.05) is 40.3 Å². The van der Waals surface area contributed by atoms with Crippen molar-refractivity contribution in [1.82, 2.24) is 9.80 Å². The Balaban J connectivity index is 4.24. The summed E-state index contributed by atoms with van der Waals surface area (Å²) in [5.41, 5.74) is -0.179. The molecule has 3 nitrogen and oxygen atoms in total. The van der Waals surface area contributed by atoms with E-state index in [4.69, 9.17) is 0 Å². The van der Waals surface area contributed by atoms with Gasteiger partial charge in [-0.15, -0.1) is 0 Å². The molecule has 0 spiro atoms. The van der Waals surface area contributed by atoms with E-state index in [-0.39, 0.29) is 5.41 Å². The zero-order valence-electron chi connectivity index (χ0n) is 11.6. The molecule has 0 amide bonds. The molecule has 0 saturated heterocycles. The maximum absolute atomic E-state index is 11.1. The molecule has 0 fully saturated rings. The van der Waals surface area contributed by atoms with Gasteiger partial charge in [-0.3, -0.25) is 0 Å². The standard InChI is InChI=1S/C13H28N2O/c1-6-8-15(10-9-14(4)5)11-13(3,7-2)12-16/h12H,6-11H2,1-5H3. The van der Waals surface area contributed by atoms with Gasteiger partial charge in [0.1, 0.15) is 6.29 Å². The molecule has 0 aliphatic heterocycles. The summed E-state index contributed by atoms with van der Waals surface area (Å²) < 4.78 is 0. The number of rotatable bonds is 9. The Morgan fingerprint density at radius 3 is 2.12 bits per heavy atom. The lowest BCUT2D eigenvalue weighted by molar-refractivity contribution is -0.116. The van der Waals surface area contributed by atoms with Crippen LogP contribution in [-0.2, 0) is 4.79 Å². The summed E-state index contributed by atoms with van der Waals surface area (Å²) in [6.45, 7) is 10.4. The summed E-state index contributed by atoms with van der Waals surface area (Å²) in [5, 5.41) is 0. The Morgan fingerprint density at radius 1 is 1.12 bits per heavy atom. The van der Waals surface area contributed by atoms with Crippen LogP contribution in [0, 0.1) is 5.41 Å². The zero-order chi connectivity index (χ0) is 12.6. The summed E-state index contributed by atoms with van der Waals surface area (Å²) in [4.78, 5) is 15.7. The van der Waals surface area contributed by atoms with Crippen LogP contribution in [0.2, 0.25) is 0 Å². The van der Waals surface area contributed by atoms with Gasteiger partial charge in [-0.05, 0) is 33.5 Å². The van der Waals surface area contributed by atoms with E-state index in [1.165, 1.54) is 0 Å². The van der Waals surface area contributed by atoms with E-state index in [0.717, 1.165) is 45.3 Å². The van der Waals surface area contributed by atoms with Crippen LogP contribution in [-0.4, -0.2) is 56.4 Å². The first kappa shape index (κ1) is 15.6. The van der Waals surface area contributed by atoms with E-state index >= 15 is 0 Å². The number of hydrogen-bond acceptors (Lipinski definition) is 3. The highest BCUT2D eigenvalue weighted by Crippen LogP contribution is 2.19. The molecule has 0 aromatic heterocycles. The molecule has 0 rings (SSSR count). The van der Waals surface area contributed by atoms with Crippen molar-refractivity contribution >= 4 is 6.29 Å². The summed E-state index contributed by atoms with van der Waals surface area (Å²) in [7, 11) is 4.17. The van der Waals surface area contributed by atoms with Crippen LogP contribution in [0.25, 0.3) is 0 Å². The maximum atomic E-state index is 11.1. The van der Waals surface area contributed by atoms with E-state index in [9.17, 15) is 4.79 Å². The quantitative estimate of drug-likeness (QED) is 0.563. The molecule has 3 heteroatoms. The van der Waals surface area contributed by atoms with Crippen LogP contribution >= 0.6 is 0 Å². The fourth-order valence-corrected chi connectivity index (χ4v) is 1.67. The molecule has 0 N–H and O–H groups in total. The second kappa shape index (κ2) is 7.80. The van der Waals surface area contributed by atoms with Crippen molar-refractivity contribution in [3.8, 4) is 0 Å². The molecule has 0 bridgehead atoms. The van der Waals surface area contributed by atoms with Crippen LogP contribution in [0.5, 0.6) is 0 Å². The molecule has 0 aliphatic carbocycles. The van der Waals surface area contributed by atoms with Gasteiger partial charge in [0.2, 0.25) is 0 Å². The largest absolute Gasteiger partial charge is 0.308 e. The Morgan fingerprint density at radius 2 is 1.75 bits per heavy atom. The summed E-state index contributed by atoms with van der Waals surface area (Å²) in [6.07, 6.45) is 3.18. The Hall–Kier alpha value is -0.410. The molecule has 0 aliphatic rings. The van der Waals surface area contributed by atoms with Gasteiger partial charge in [0.25, 0.3) is 0 Å². The number of nitrogens with zero attached hydrogens (tertiary/aromatic N) is 2. The lowest BCUT2D eigenvalue weighted by Crippen LogP contribution is -2.40. The first-order chi connectivity index (χ1) is 7.47. The minimum absolute atomic E-state index is 0.179. The van der Waals surface area contributed by atoms with Crippen molar-refractivity contribution in [2.45, 2.75) is 33.6 Å². The fourth-order valence-electron chi connectivity index (χ4n) is 1.67. The molecular formula is C13H28N2O. The first-order valence-corrected chi connectivity index (χ1v) is 6.31. The number of carbonyl (C=O) groups is 1. The van der Waals surface area contributed by atoms with Gasteiger partial charge in [-0.25, -0.2) is 0 Å². The Kier molecular flexibility index (Phi) is 7.60. The van der Waals surface area contributed by atoms with E-state index in [1.807, 2.05) is 0 Å². The zero-order valence-corrected chi connectivity index (χ0v) is 11.6. The minimum Gasteiger partial charge on any atom is -0.308 e. The van der Waals surface area contributed by atoms with E-state index in [2.05, 4.69) is 44.7 Å². The minimum atomic E-state index is -0.179. The van der Waals surface area contributed by atoms with Gasteiger partial charge in [0, 0.05) is 25.0 Å². The molecule has 0 aromatic carbocycles. The third-order valence-corrected chi connectivity index (χ3v) is 3.08. The Labute approximate surface area is 101 Å². The third-order valence-electron chi connectivity index (χ3n) is 3.08. The van der Waals surface area contributed by atoms with E-state index in [0.29, 0.717) is 0 Å². The van der Waals surface area contributed by atoms with Crippen molar-refractivity contribution in [3.63, 3.8) is 0 Å². The van der Waals surface area contributed by atoms with Crippen LogP contribution < -0.4 is 0 Å². The smallest absolute Gasteiger partial charge is 0.127 e. The van der Waals surface area contributed by atoms with E-state index < -0.39 is 0 Å². The second-order valence-electron chi connectivity index (χ2n) is 5.20. The Bertz CT molecular complexity index is 194. The van der Waals surface area contributed by atoms with Crippen molar-refractivity contribution in [1.29, 1.82) is 0 Å². The maximum Gasteiger partial charge on any atom is 0.127 e. The number of carbonyl (C=O) groups excluding carboxylic acids is 1. The third kappa shape index (κ3) is 6.23. The number of likely N-dealkylation sites (N-methyl/N-ethyl adjacent to an activating group) is 1. The molecular weight excluding hydrogens is 200 g/mol. The van der Waals surface area contributed by atoms with Crippen molar-refractivity contribution in [2.24, 2.45) is 5.41 Å². The highest BCUT2D eigenvalue weighted by Gasteiger charge is 2.24. The predicted octanol–water partition coefficient (Wildman–Crippen LogP) is 1.88. The monoisotopic (exact) mass is 228 g/mol. The highest BCUT2D eigenvalue weighted by molar-refractivity contribution is 5.58. The second-order valence-corrected chi connectivity index (χ2v) is 5.20. The molecule has 16 heavy (non-hydrogen) atoms. The molecule has 0 aromatic rings. The first-order valence-electron chi connectivity index (χ1n) is 6.31. The highest BCUT2D eigenvalue weighted by atomic mass is 16.1. The van der Waals surface area contributed by atoms with Gasteiger partial charge < -0.3 is 14.6 Å². The van der Waals surface area contributed by atoms with E-state index in [1.54, 1.807) is 0 Å². The van der Waals surface area contributed by atoms with Crippen LogP contribution in [0.1, 0.15) is 33.6 Å². The predicted molar refractivity (Wildman–Crippen MR) is 69.7 cm³/mol. The SMILES string of the molecule is CCCN(CCN(C)C)CC(C)(C=O)CC. The average molecular weight is 228 g/mol. The lowest BCUT2D eigenvalue weighted by Gasteiger charge is -2.31. The van der Waals surface area contributed by atoms with Gasteiger partial charge in [0.05, 0.1) is 0 Å². The molecule has 0 saturated carbocycles. The van der Waals surface area contributed by atoms with Crippen LogP contribution in [0.15, 0.2) is 0 Å². The van der Waals surface area contributed by atoms with Crippen molar-refractivity contribution < 1.29 is 4.79 Å². The molecule has 0 radical (unpaired) electrons.